The van der Waals surface area contributed by atoms with Crippen molar-refractivity contribution in [3.8, 4) is 0 Å². The maximum absolute atomic E-state index is 5.76. The number of anilines is 1. The summed E-state index contributed by atoms with van der Waals surface area (Å²) in [5.41, 5.74) is 1.14. The first-order chi connectivity index (χ1) is 8.34. The molecule has 0 amide bonds. The third-order valence-electron chi connectivity index (χ3n) is 2.46. The molecule has 17 heavy (non-hydrogen) atoms. The van der Waals surface area contributed by atoms with Crippen molar-refractivity contribution in [2.24, 2.45) is 0 Å². The summed E-state index contributed by atoms with van der Waals surface area (Å²) in [6.45, 7) is 3.62. The molecular weight excluding hydrogens is 230 g/mol. The van der Waals surface area contributed by atoms with E-state index in [1.54, 1.807) is 11.3 Å². The summed E-state index contributed by atoms with van der Waals surface area (Å²) in [4.78, 5) is 1.27. The van der Waals surface area contributed by atoms with Crippen LogP contribution in [0.1, 0.15) is 11.8 Å². The molecule has 90 valence electrons. The average Bonchev–Trinajstić information content (AvgIpc) is 2.88. The summed E-state index contributed by atoms with van der Waals surface area (Å²) in [5.74, 6) is 0. The van der Waals surface area contributed by atoms with Gasteiger partial charge in [0.2, 0.25) is 0 Å². The normalized spacial score (nSPS) is 12.3. The fourth-order valence-corrected chi connectivity index (χ4v) is 2.12. The standard InChI is InChI=1S/C14H17NOS/c1-12(16-11-14-8-5-9-17-14)10-15-13-6-3-2-4-7-13/h2-9,12,15H,10-11H2,1H3. The first kappa shape index (κ1) is 12.1. The molecule has 2 nitrogen and oxygen atoms in total. The third-order valence-corrected chi connectivity index (χ3v) is 3.31. The Hall–Kier alpha value is -1.32. The number of para-hydroxylation sites is 1. The second-order valence-electron chi connectivity index (χ2n) is 3.95. The van der Waals surface area contributed by atoms with Crippen LogP contribution < -0.4 is 5.32 Å². The van der Waals surface area contributed by atoms with Crippen LogP contribution in [-0.4, -0.2) is 12.6 Å². The highest BCUT2D eigenvalue weighted by atomic mass is 32.1. The van der Waals surface area contributed by atoms with E-state index in [9.17, 15) is 0 Å². The lowest BCUT2D eigenvalue weighted by Crippen LogP contribution is -2.19. The molecule has 3 heteroatoms. The molecule has 2 aromatic rings. The second-order valence-corrected chi connectivity index (χ2v) is 4.98. The van der Waals surface area contributed by atoms with Crippen LogP contribution in [0, 0.1) is 0 Å². The molecule has 0 radical (unpaired) electrons. The maximum atomic E-state index is 5.76. The van der Waals surface area contributed by atoms with Crippen molar-refractivity contribution in [3.63, 3.8) is 0 Å². The smallest absolute Gasteiger partial charge is 0.0813 e. The Bertz CT molecular complexity index is 413. The van der Waals surface area contributed by atoms with Gasteiger partial charge in [-0.1, -0.05) is 24.3 Å². The molecular formula is C14H17NOS. The average molecular weight is 247 g/mol. The van der Waals surface area contributed by atoms with E-state index >= 15 is 0 Å². The number of benzene rings is 1. The van der Waals surface area contributed by atoms with Gasteiger partial charge in [0.15, 0.2) is 0 Å². The topological polar surface area (TPSA) is 21.3 Å². The predicted octanol–water partition coefficient (Wildman–Crippen LogP) is 3.77. The SMILES string of the molecule is CC(CNc1ccccc1)OCc1cccs1. The summed E-state index contributed by atoms with van der Waals surface area (Å²) < 4.78 is 5.76. The molecule has 0 aliphatic heterocycles. The van der Waals surface area contributed by atoms with Gasteiger partial charge in [-0.05, 0) is 30.5 Å². The van der Waals surface area contributed by atoms with Crippen LogP contribution in [0.25, 0.3) is 0 Å². The minimum atomic E-state index is 0.206. The summed E-state index contributed by atoms with van der Waals surface area (Å²) in [5, 5.41) is 5.43. The summed E-state index contributed by atoms with van der Waals surface area (Å²) >= 11 is 1.73. The molecule has 1 N–H and O–H groups in total. The van der Waals surface area contributed by atoms with E-state index in [-0.39, 0.29) is 6.10 Å². The van der Waals surface area contributed by atoms with Crippen molar-refractivity contribution in [3.05, 3.63) is 52.7 Å². The van der Waals surface area contributed by atoms with Crippen LogP contribution in [0.4, 0.5) is 5.69 Å². The minimum Gasteiger partial charge on any atom is -0.382 e. The number of hydrogen-bond donors (Lipinski definition) is 1. The van der Waals surface area contributed by atoms with Crippen molar-refractivity contribution in [2.75, 3.05) is 11.9 Å². The van der Waals surface area contributed by atoms with Gasteiger partial charge in [0.25, 0.3) is 0 Å². The van der Waals surface area contributed by atoms with Crippen LogP contribution in [0.15, 0.2) is 47.8 Å². The zero-order valence-corrected chi connectivity index (χ0v) is 10.7. The van der Waals surface area contributed by atoms with E-state index in [2.05, 4.69) is 41.9 Å². The Balaban J connectivity index is 1.69. The summed E-state index contributed by atoms with van der Waals surface area (Å²) in [6.07, 6.45) is 0.206. The van der Waals surface area contributed by atoms with E-state index in [4.69, 9.17) is 4.74 Å². The van der Waals surface area contributed by atoms with E-state index < -0.39 is 0 Å². The van der Waals surface area contributed by atoms with E-state index in [0.29, 0.717) is 6.61 Å². The highest BCUT2D eigenvalue weighted by Crippen LogP contribution is 2.11. The minimum absolute atomic E-state index is 0.206. The number of nitrogens with one attached hydrogen (secondary N) is 1. The van der Waals surface area contributed by atoms with Gasteiger partial charge in [-0.3, -0.25) is 0 Å². The Morgan fingerprint density at radius 1 is 1.18 bits per heavy atom. The number of hydrogen-bond acceptors (Lipinski definition) is 3. The lowest BCUT2D eigenvalue weighted by molar-refractivity contribution is 0.0634. The van der Waals surface area contributed by atoms with Gasteiger partial charge in [-0.25, -0.2) is 0 Å². The van der Waals surface area contributed by atoms with Crippen LogP contribution >= 0.6 is 11.3 Å². The Labute approximate surface area is 106 Å². The first-order valence-electron chi connectivity index (χ1n) is 5.77. The van der Waals surface area contributed by atoms with Crippen molar-refractivity contribution in [1.82, 2.24) is 0 Å². The molecule has 1 aromatic carbocycles. The number of ether oxygens (including phenoxy) is 1. The highest BCUT2D eigenvalue weighted by molar-refractivity contribution is 7.09. The van der Waals surface area contributed by atoms with Gasteiger partial charge in [0.05, 0.1) is 12.7 Å². The second kappa shape index (κ2) is 6.42. The lowest BCUT2D eigenvalue weighted by atomic mass is 10.3. The van der Waals surface area contributed by atoms with Gasteiger partial charge in [-0.2, -0.15) is 0 Å². The van der Waals surface area contributed by atoms with E-state index in [1.807, 2.05) is 18.2 Å². The molecule has 0 aliphatic rings. The van der Waals surface area contributed by atoms with Gasteiger partial charge >= 0.3 is 0 Å². The fourth-order valence-electron chi connectivity index (χ4n) is 1.50. The first-order valence-corrected chi connectivity index (χ1v) is 6.65. The van der Waals surface area contributed by atoms with Gasteiger partial charge < -0.3 is 10.1 Å². The largest absolute Gasteiger partial charge is 0.382 e. The third kappa shape index (κ3) is 4.21. The summed E-state index contributed by atoms with van der Waals surface area (Å²) in [7, 11) is 0. The number of rotatable bonds is 6. The highest BCUT2D eigenvalue weighted by Gasteiger charge is 2.02. The molecule has 0 saturated carbocycles. The van der Waals surface area contributed by atoms with Crippen LogP contribution in [0.5, 0.6) is 0 Å². The molecule has 1 atom stereocenters. The molecule has 0 spiro atoms. The Morgan fingerprint density at radius 2 is 2.00 bits per heavy atom. The van der Waals surface area contributed by atoms with Crippen LogP contribution in [0.2, 0.25) is 0 Å². The monoisotopic (exact) mass is 247 g/mol. The molecule has 0 bridgehead atoms. The molecule has 0 fully saturated rings. The molecule has 1 aromatic heterocycles. The zero-order chi connectivity index (χ0) is 11.9. The Morgan fingerprint density at radius 3 is 2.71 bits per heavy atom. The van der Waals surface area contributed by atoms with Crippen LogP contribution in [-0.2, 0) is 11.3 Å². The van der Waals surface area contributed by atoms with Crippen molar-refractivity contribution >= 4 is 17.0 Å². The van der Waals surface area contributed by atoms with Crippen molar-refractivity contribution < 1.29 is 4.74 Å². The quantitative estimate of drug-likeness (QED) is 0.839. The predicted molar refractivity (Wildman–Crippen MR) is 73.5 cm³/mol. The molecule has 0 saturated heterocycles. The van der Waals surface area contributed by atoms with Gasteiger partial charge in [0.1, 0.15) is 0 Å². The Kier molecular flexibility index (Phi) is 4.59. The van der Waals surface area contributed by atoms with E-state index in [1.165, 1.54) is 4.88 Å². The van der Waals surface area contributed by atoms with Crippen molar-refractivity contribution in [1.29, 1.82) is 0 Å². The summed E-state index contributed by atoms with van der Waals surface area (Å²) in [6, 6.07) is 14.3. The van der Waals surface area contributed by atoms with E-state index in [0.717, 1.165) is 12.2 Å². The zero-order valence-electron chi connectivity index (χ0n) is 9.93. The molecule has 1 unspecified atom stereocenters. The van der Waals surface area contributed by atoms with Gasteiger partial charge in [-0.15, -0.1) is 11.3 Å². The molecule has 0 aliphatic carbocycles. The molecule has 1 heterocycles. The maximum Gasteiger partial charge on any atom is 0.0813 e. The van der Waals surface area contributed by atoms with Crippen LogP contribution in [0.3, 0.4) is 0 Å². The molecule has 2 rings (SSSR count). The fraction of sp³-hybridized carbons (Fsp3) is 0.286. The number of thiophene rings is 1. The van der Waals surface area contributed by atoms with Gasteiger partial charge in [0, 0.05) is 17.1 Å². The van der Waals surface area contributed by atoms with Crippen molar-refractivity contribution in [2.45, 2.75) is 19.6 Å². The lowest BCUT2D eigenvalue weighted by Gasteiger charge is -2.14.